The van der Waals surface area contributed by atoms with Crippen LogP contribution >= 0.6 is 0 Å². The van der Waals surface area contributed by atoms with Crippen molar-refractivity contribution in [3.05, 3.63) is 71.8 Å². The molecule has 6 nitrogen and oxygen atoms in total. The van der Waals surface area contributed by atoms with Crippen molar-refractivity contribution < 1.29 is 17.7 Å². The number of aliphatic hydroxyl groups is 1. The average molecular weight is 447 g/mol. The third-order valence-electron chi connectivity index (χ3n) is 5.63. The molecule has 2 unspecified atom stereocenters. The molecule has 2 saturated heterocycles. The summed E-state index contributed by atoms with van der Waals surface area (Å²) < 4.78 is 26.7. The van der Waals surface area contributed by atoms with Gasteiger partial charge in [0.1, 0.15) is 0 Å². The third-order valence-corrected chi connectivity index (χ3v) is 6.20. The van der Waals surface area contributed by atoms with Crippen molar-refractivity contribution in [2.45, 2.75) is 32.0 Å². The van der Waals surface area contributed by atoms with Crippen LogP contribution in [0.3, 0.4) is 0 Å². The highest BCUT2D eigenvalue weighted by Gasteiger charge is 2.23. The molecular weight excluding hydrogens is 412 g/mol. The summed E-state index contributed by atoms with van der Waals surface area (Å²) in [6.07, 6.45) is 2.92. The van der Waals surface area contributed by atoms with Gasteiger partial charge in [-0.25, -0.2) is 0 Å². The van der Waals surface area contributed by atoms with E-state index in [1.54, 1.807) is 0 Å². The van der Waals surface area contributed by atoms with E-state index in [0.717, 1.165) is 58.4 Å². The van der Waals surface area contributed by atoms with Crippen molar-refractivity contribution in [1.82, 2.24) is 9.80 Å². The highest BCUT2D eigenvalue weighted by atomic mass is 32.2. The van der Waals surface area contributed by atoms with Gasteiger partial charge in [0.15, 0.2) is 0 Å². The molecule has 0 bridgehead atoms. The second-order valence-electron chi connectivity index (χ2n) is 8.53. The van der Waals surface area contributed by atoms with Gasteiger partial charge in [-0.3, -0.25) is 14.0 Å². The zero-order valence-electron chi connectivity index (χ0n) is 18.3. The molecule has 0 aliphatic carbocycles. The van der Waals surface area contributed by atoms with Gasteiger partial charge < -0.3 is 5.11 Å². The Balaban J connectivity index is 0.000000185. The first-order valence-electron chi connectivity index (χ1n) is 10.9. The smallest absolute Gasteiger partial charge is 0.264 e. The molecule has 7 heteroatoms. The van der Waals surface area contributed by atoms with Gasteiger partial charge in [0, 0.05) is 32.7 Å². The Morgan fingerprint density at radius 3 is 1.87 bits per heavy atom. The van der Waals surface area contributed by atoms with E-state index in [9.17, 15) is 13.5 Å². The standard InChI is InChI=1S/C13H19NO3S.C11H15NO/c1-18(15,16)17-11-13-7-8-14(10-13)9-12-5-3-2-4-6-12;13-11-6-7-12(9-11)8-10-4-2-1-3-5-10/h2-6,13H,7-11H2,1H3;1-5,11,13H,6-9H2. The van der Waals surface area contributed by atoms with E-state index < -0.39 is 10.1 Å². The van der Waals surface area contributed by atoms with Crippen molar-refractivity contribution in [3.8, 4) is 0 Å². The molecule has 2 aliphatic heterocycles. The molecule has 2 atom stereocenters. The van der Waals surface area contributed by atoms with E-state index in [1.165, 1.54) is 11.1 Å². The van der Waals surface area contributed by atoms with Gasteiger partial charge in [0.25, 0.3) is 10.1 Å². The van der Waals surface area contributed by atoms with Crippen LogP contribution in [0.2, 0.25) is 0 Å². The summed E-state index contributed by atoms with van der Waals surface area (Å²) in [5.74, 6) is 0.323. The molecule has 0 saturated carbocycles. The molecule has 31 heavy (non-hydrogen) atoms. The monoisotopic (exact) mass is 446 g/mol. The maximum absolute atomic E-state index is 10.9. The maximum atomic E-state index is 10.9. The summed E-state index contributed by atoms with van der Waals surface area (Å²) in [6, 6.07) is 20.7. The van der Waals surface area contributed by atoms with E-state index in [1.807, 2.05) is 24.3 Å². The summed E-state index contributed by atoms with van der Waals surface area (Å²) in [5, 5.41) is 9.34. The first-order chi connectivity index (χ1) is 14.9. The van der Waals surface area contributed by atoms with Crippen LogP contribution in [0.15, 0.2) is 60.7 Å². The lowest BCUT2D eigenvalue weighted by atomic mass is 10.1. The second-order valence-corrected chi connectivity index (χ2v) is 10.2. The Bertz CT molecular complexity index is 877. The fraction of sp³-hybridized carbons (Fsp3) is 0.500. The van der Waals surface area contributed by atoms with Crippen molar-refractivity contribution in [2.75, 3.05) is 39.0 Å². The minimum Gasteiger partial charge on any atom is -0.392 e. The Hall–Kier alpha value is -1.77. The van der Waals surface area contributed by atoms with Gasteiger partial charge in [-0.05, 0) is 36.4 Å². The van der Waals surface area contributed by atoms with Crippen LogP contribution in [-0.4, -0.2) is 68.5 Å². The summed E-state index contributed by atoms with van der Waals surface area (Å²) in [7, 11) is -3.31. The Kier molecular flexibility index (Phi) is 9.04. The second kappa shape index (κ2) is 11.7. The van der Waals surface area contributed by atoms with Crippen LogP contribution in [0.1, 0.15) is 24.0 Å². The topological polar surface area (TPSA) is 70.1 Å². The first kappa shape index (κ1) is 23.9. The fourth-order valence-corrected chi connectivity index (χ4v) is 4.49. The molecule has 2 fully saturated rings. The van der Waals surface area contributed by atoms with Crippen LogP contribution in [0.5, 0.6) is 0 Å². The lowest BCUT2D eigenvalue weighted by Gasteiger charge is -2.15. The van der Waals surface area contributed by atoms with Crippen LogP contribution < -0.4 is 0 Å². The summed E-state index contributed by atoms with van der Waals surface area (Å²) in [5.41, 5.74) is 2.62. The van der Waals surface area contributed by atoms with Gasteiger partial charge in [-0.15, -0.1) is 0 Å². The van der Waals surface area contributed by atoms with Crippen LogP contribution in [0.4, 0.5) is 0 Å². The summed E-state index contributed by atoms with van der Waals surface area (Å²) in [6.45, 7) is 5.97. The van der Waals surface area contributed by atoms with Crippen molar-refractivity contribution in [1.29, 1.82) is 0 Å². The van der Waals surface area contributed by atoms with Crippen molar-refractivity contribution in [2.24, 2.45) is 5.92 Å². The summed E-state index contributed by atoms with van der Waals surface area (Å²) in [4.78, 5) is 4.63. The van der Waals surface area contributed by atoms with Crippen LogP contribution in [-0.2, 0) is 27.4 Å². The predicted molar refractivity (Wildman–Crippen MR) is 123 cm³/mol. The minimum absolute atomic E-state index is 0.108. The Labute approximate surface area is 186 Å². The van der Waals surface area contributed by atoms with Crippen LogP contribution in [0, 0.1) is 5.92 Å². The molecule has 4 rings (SSSR count). The van der Waals surface area contributed by atoms with Gasteiger partial charge in [-0.2, -0.15) is 8.42 Å². The highest BCUT2D eigenvalue weighted by molar-refractivity contribution is 7.85. The third kappa shape index (κ3) is 9.09. The quantitative estimate of drug-likeness (QED) is 0.660. The van der Waals surface area contributed by atoms with Crippen molar-refractivity contribution >= 4 is 10.1 Å². The van der Waals surface area contributed by atoms with Gasteiger partial charge >= 0.3 is 0 Å². The number of β-amino-alcohol motifs (C(OH)–C–C–N with tert-alkyl or cyclic N) is 1. The number of rotatable bonds is 7. The molecule has 2 aliphatic rings. The Morgan fingerprint density at radius 1 is 0.871 bits per heavy atom. The lowest BCUT2D eigenvalue weighted by molar-refractivity contribution is 0.175. The molecule has 1 N–H and O–H groups in total. The SMILES string of the molecule is CS(=O)(=O)OCC1CCN(Cc2ccccc2)C1.OC1CCN(Cc2ccccc2)C1. The van der Waals surface area contributed by atoms with E-state index in [2.05, 4.69) is 46.2 Å². The molecule has 2 heterocycles. The zero-order chi connectivity index (χ0) is 22.1. The number of aliphatic hydroxyl groups excluding tert-OH is 1. The average Bonchev–Trinajstić information content (AvgIpc) is 3.37. The molecule has 0 amide bonds. The number of benzene rings is 2. The molecule has 0 aromatic heterocycles. The molecular formula is C24H34N2O4S. The predicted octanol–water partition coefficient (Wildman–Crippen LogP) is 2.74. The van der Waals surface area contributed by atoms with Gasteiger partial charge in [0.05, 0.1) is 19.0 Å². The van der Waals surface area contributed by atoms with Gasteiger partial charge in [-0.1, -0.05) is 60.7 Å². The fourth-order valence-electron chi connectivity index (χ4n) is 4.05. The molecule has 0 radical (unpaired) electrons. The molecule has 0 spiro atoms. The first-order valence-corrected chi connectivity index (χ1v) is 12.7. The maximum Gasteiger partial charge on any atom is 0.264 e. The number of hydrogen-bond acceptors (Lipinski definition) is 6. The zero-order valence-corrected chi connectivity index (χ0v) is 19.1. The number of likely N-dealkylation sites (tertiary alicyclic amines) is 2. The van der Waals surface area contributed by atoms with E-state index in [-0.39, 0.29) is 6.10 Å². The van der Waals surface area contributed by atoms with E-state index in [4.69, 9.17) is 4.18 Å². The molecule has 2 aromatic carbocycles. The van der Waals surface area contributed by atoms with Crippen LogP contribution in [0.25, 0.3) is 0 Å². The Morgan fingerprint density at radius 2 is 1.39 bits per heavy atom. The normalized spacial score (nSPS) is 22.3. The number of nitrogens with zero attached hydrogens (tertiary/aromatic N) is 2. The summed E-state index contributed by atoms with van der Waals surface area (Å²) >= 11 is 0. The lowest BCUT2D eigenvalue weighted by Crippen LogP contribution is -2.22. The largest absolute Gasteiger partial charge is 0.392 e. The number of hydrogen-bond donors (Lipinski definition) is 1. The van der Waals surface area contributed by atoms with E-state index >= 15 is 0 Å². The molecule has 2 aromatic rings. The molecule has 170 valence electrons. The highest BCUT2D eigenvalue weighted by Crippen LogP contribution is 2.19. The van der Waals surface area contributed by atoms with Crippen molar-refractivity contribution in [3.63, 3.8) is 0 Å². The minimum atomic E-state index is -3.31. The van der Waals surface area contributed by atoms with E-state index in [0.29, 0.717) is 12.5 Å². The van der Waals surface area contributed by atoms with Gasteiger partial charge in [0.2, 0.25) is 0 Å².